The van der Waals surface area contributed by atoms with Crippen molar-refractivity contribution >= 4 is 15.7 Å². The van der Waals surface area contributed by atoms with Crippen LogP contribution in [0.5, 0.6) is 0 Å². The average Bonchev–Trinajstić information content (AvgIpc) is 3.36. The number of primary sulfonamides is 1. The van der Waals surface area contributed by atoms with Crippen LogP contribution in [0.1, 0.15) is 75.5 Å². The Labute approximate surface area is 182 Å². The molecule has 1 aromatic carbocycles. The summed E-state index contributed by atoms with van der Waals surface area (Å²) in [6, 6.07) is 3.81. The first-order valence-electron chi connectivity index (χ1n) is 11.1. The van der Waals surface area contributed by atoms with Crippen molar-refractivity contribution in [2.45, 2.75) is 81.7 Å². The molecule has 2 saturated carbocycles. The number of benzene rings is 1. The zero-order valence-electron chi connectivity index (χ0n) is 18.1. The van der Waals surface area contributed by atoms with Crippen molar-refractivity contribution in [1.82, 2.24) is 4.90 Å². The van der Waals surface area contributed by atoms with Crippen molar-refractivity contribution in [3.8, 4) is 0 Å². The minimum atomic E-state index is -4.46. The highest BCUT2D eigenvalue weighted by Crippen LogP contribution is 2.50. The molecule has 0 aromatic heterocycles. The van der Waals surface area contributed by atoms with Crippen molar-refractivity contribution < 1.29 is 21.6 Å². The van der Waals surface area contributed by atoms with E-state index in [2.05, 4.69) is 0 Å². The van der Waals surface area contributed by atoms with Crippen LogP contribution in [-0.2, 0) is 21.6 Å². The summed E-state index contributed by atoms with van der Waals surface area (Å²) in [7, 11) is -3.87. The van der Waals surface area contributed by atoms with Gasteiger partial charge >= 0.3 is 6.18 Å². The topological polar surface area (TPSA) is 63.4 Å². The molecule has 2 fully saturated rings. The van der Waals surface area contributed by atoms with Gasteiger partial charge in [0.2, 0.25) is 10.0 Å². The van der Waals surface area contributed by atoms with Crippen molar-refractivity contribution in [2.24, 2.45) is 11.1 Å². The number of rotatable bonds is 5. The van der Waals surface area contributed by atoms with E-state index in [9.17, 15) is 21.6 Å². The molecule has 1 aromatic rings. The molecule has 0 amide bonds. The van der Waals surface area contributed by atoms with E-state index in [1.807, 2.05) is 17.9 Å². The third kappa shape index (κ3) is 4.65. The zero-order valence-corrected chi connectivity index (χ0v) is 18.9. The van der Waals surface area contributed by atoms with E-state index >= 15 is 0 Å². The number of nitrogens with zero attached hydrogens (tertiary/aromatic N) is 1. The van der Waals surface area contributed by atoms with E-state index in [4.69, 9.17) is 5.14 Å². The SMILES string of the molecule is CC1C(S(N)(=O)=O)C=C(c2cc(C(F)(F)F)cc(C3(C)CC3)c2)N1CC1CCCCC1. The van der Waals surface area contributed by atoms with Crippen LogP contribution in [0.25, 0.3) is 5.70 Å². The smallest absolute Gasteiger partial charge is 0.367 e. The number of hydrogen-bond acceptors (Lipinski definition) is 3. The highest BCUT2D eigenvalue weighted by molar-refractivity contribution is 7.90. The van der Waals surface area contributed by atoms with Crippen LogP contribution in [0.2, 0.25) is 0 Å². The molecule has 0 radical (unpaired) electrons. The van der Waals surface area contributed by atoms with Gasteiger partial charge in [0.15, 0.2) is 0 Å². The lowest BCUT2D eigenvalue weighted by Crippen LogP contribution is -2.42. The molecule has 1 heterocycles. The van der Waals surface area contributed by atoms with Gasteiger partial charge in [-0.05, 0) is 79.3 Å². The lowest BCUT2D eigenvalue weighted by atomic mass is 9.88. The second-order valence-corrected chi connectivity index (χ2v) is 11.6. The third-order valence-corrected chi connectivity index (χ3v) is 8.70. The number of nitrogens with two attached hydrogens (primary N) is 1. The van der Waals surface area contributed by atoms with E-state index in [0.29, 0.717) is 29.3 Å². The first-order chi connectivity index (χ1) is 14.4. The van der Waals surface area contributed by atoms with Gasteiger partial charge in [-0.3, -0.25) is 0 Å². The van der Waals surface area contributed by atoms with Crippen LogP contribution in [0.4, 0.5) is 13.2 Å². The van der Waals surface area contributed by atoms with Crippen LogP contribution >= 0.6 is 0 Å². The molecule has 2 N–H and O–H groups in total. The predicted molar refractivity (Wildman–Crippen MR) is 116 cm³/mol. The van der Waals surface area contributed by atoms with Gasteiger partial charge in [-0.15, -0.1) is 0 Å². The maximum atomic E-state index is 13.7. The molecule has 2 aliphatic carbocycles. The Morgan fingerprint density at radius 3 is 2.32 bits per heavy atom. The maximum Gasteiger partial charge on any atom is 0.416 e. The highest BCUT2D eigenvalue weighted by atomic mass is 32.2. The monoisotopic (exact) mass is 456 g/mol. The molecule has 2 unspecified atom stereocenters. The first-order valence-corrected chi connectivity index (χ1v) is 12.7. The number of hydrogen-bond donors (Lipinski definition) is 1. The Balaban J connectivity index is 1.78. The molecule has 31 heavy (non-hydrogen) atoms. The predicted octanol–water partition coefficient (Wildman–Crippen LogP) is 5.04. The fraction of sp³-hybridized carbons (Fsp3) is 0.652. The largest absolute Gasteiger partial charge is 0.416 e. The lowest BCUT2D eigenvalue weighted by molar-refractivity contribution is -0.137. The molecule has 8 heteroatoms. The summed E-state index contributed by atoms with van der Waals surface area (Å²) in [6.45, 7) is 4.42. The van der Waals surface area contributed by atoms with Crippen LogP contribution in [0.3, 0.4) is 0 Å². The van der Waals surface area contributed by atoms with E-state index in [1.54, 1.807) is 13.0 Å². The summed E-state index contributed by atoms with van der Waals surface area (Å²) in [4.78, 5) is 1.99. The van der Waals surface area contributed by atoms with E-state index in [1.165, 1.54) is 12.5 Å². The van der Waals surface area contributed by atoms with Crippen LogP contribution in [0, 0.1) is 5.92 Å². The molecular weight excluding hydrogens is 425 g/mol. The average molecular weight is 457 g/mol. The molecule has 2 atom stereocenters. The normalized spacial score (nSPS) is 26.8. The minimum absolute atomic E-state index is 0.242. The van der Waals surface area contributed by atoms with Gasteiger partial charge < -0.3 is 4.90 Å². The summed E-state index contributed by atoms with van der Waals surface area (Å²) in [5, 5.41) is 4.57. The Morgan fingerprint density at radius 2 is 1.77 bits per heavy atom. The van der Waals surface area contributed by atoms with Gasteiger partial charge in [0.25, 0.3) is 0 Å². The van der Waals surface area contributed by atoms with E-state index in [0.717, 1.165) is 44.6 Å². The van der Waals surface area contributed by atoms with Crippen LogP contribution < -0.4 is 5.14 Å². The second kappa shape index (κ2) is 7.80. The highest BCUT2D eigenvalue weighted by Gasteiger charge is 2.43. The van der Waals surface area contributed by atoms with Crippen LogP contribution in [-0.4, -0.2) is 31.2 Å². The molecule has 1 aliphatic heterocycles. The molecule has 172 valence electrons. The Bertz CT molecular complexity index is 954. The Kier molecular flexibility index (Phi) is 5.70. The Morgan fingerprint density at radius 1 is 1.13 bits per heavy atom. The number of sulfonamides is 1. The summed E-state index contributed by atoms with van der Waals surface area (Å²) in [5.41, 5.74) is 0.746. The van der Waals surface area contributed by atoms with Gasteiger partial charge in [0.05, 0.1) is 5.56 Å². The fourth-order valence-corrected chi connectivity index (χ4v) is 6.11. The molecule has 3 aliphatic rings. The van der Waals surface area contributed by atoms with Crippen molar-refractivity contribution in [2.75, 3.05) is 6.54 Å². The minimum Gasteiger partial charge on any atom is -0.367 e. The van der Waals surface area contributed by atoms with E-state index < -0.39 is 33.1 Å². The second-order valence-electron chi connectivity index (χ2n) is 9.86. The molecule has 0 saturated heterocycles. The van der Waals surface area contributed by atoms with Crippen molar-refractivity contribution in [3.05, 3.63) is 41.0 Å². The number of alkyl halides is 3. The first kappa shape index (κ1) is 22.6. The lowest BCUT2D eigenvalue weighted by Gasteiger charge is -2.35. The van der Waals surface area contributed by atoms with Crippen molar-refractivity contribution in [1.29, 1.82) is 0 Å². The van der Waals surface area contributed by atoms with Crippen molar-refractivity contribution in [3.63, 3.8) is 0 Å². The summed E-state index contributed by atoms with van der Waals surface area (Å²) >= 11 is 0. The van der Waals surface area contributed by atoms with Gasteiger partial charge in [-0.25, -0.2) is 13.6 Å². The van der Waals surface area contributed by atoms with Gasteiger partial charge in [-0.2, -0.15) is 13.2 Å². The summed E-state index contributed by atoms with van der Waals surface area (Å²) < 4.78 is 65.6. The number of halogens is 3. The third-order valence-electron chi connectivity index (χ3n) is 7.41. The molecule has 0 spiro atoms. The zero-order chi connectivity index (χ0) is 22.6. The van der Waals surface area contributed by atoms with Gasteiger partial charge in [-0.1, -0.05) is 26.2 Å². The Hall–Kier alpha value is -1.54. The molecule has 0 bridgehead atoms. The summed E-state index contributed by atoms with van der Waals surface area (Å²) in [6.07, 6.45) is 4.40. The van der Waals surface area contributed by atoms with E-state index in [-0.39, 0.29) is 5.41 Å². The summed E-state index contributed by atoms with van der Waals surface area (Å²) in [5.74, 6) is 0.407. The standard InChI is InChI=1S/C23H31F3N2O2S/c1-15-21(31(27,29)30)13-20(28(15)14-16-6-4-3-5-7-16)17-10-18(22(2)8-9-22)12-19(11-17)23(24,25)26/h10-13,15-16,21H,3-9,14H2,1-2H3,(H2,27,29,30). The molecule has 4 nitrogen and oxygen atoms in total. The molecular formula is C23H31F3N2O2S. The van der Waals surface area contributed by atoms with Crippen LogP contribution in [0.15, 0.2) is 24.3 Å². The van der Waals surface area contributed by atoms with Gasteiger partial charge in [0, 0.05) is 18.3 Å². The quantitative estimate of drug-likeness (QED) is 0.675. The fourth-order valence-electron chi connectivity index (χ4n) is 5.09. The molecule has 4 rings (SSSR count). The van der Waals surface area contributed by atoms with Gasteiger partial charge in [0.1, 0.15) is 5.25 Å². The maximum absolute atomic E-state index is 13.7.